The van der Waals surface area contributed by atoms with Gasteiger partial charge in [0.2, 0.25) is 0 Å². The number of ether oxygens (including phenoxy) is 3. The molecule has 162 valence electrons. The van der Waals surface area contributed by atoms with Crippen molar-refractivity contribution in [2.75, 3.05) is 14.2 Å². The highest BCUT2D eigenvalue weighted by Crippen LogP contribution is 2.48. The normalized spacial score (nSPS) is 18.3. The summed E-state index contributed by atoms with van der Waals surface area (Å²) in [6.45, 7) is 0. The minimum Gasteiger partial charge on any atom is -0.497 e. The van der Waals surface area contributed by atoms with Crippen LogP contribution >= 0.6 is 23.1 Å². The second kappa shape index (κ2) is 8.01. The third-order valence-corrected chi connectivity index (χ3v) is 6.72. The fourth-order valence-electron chi connectivity index (χ4n) is 3.87. The molecule has 3 heterocycles. The Morgan fingerprint density at radius 1 is 1.06 bits per heavy atom. The zero-order valence-electron chi connectivity index (χ0n) is 17.2. The Morgan fingerprint density at radius 3 is 2.66 bits per heavy atom. The first kappa shape index (κ1) is 20.6. The lowest BCUT2D eigenvalue weighted by Gasteiger charge is -2.27. The number of aromatic nitrogens is 2. The van der Waals surface area contributed by atoms with Gasteiger partial charge in [-0.25, -0.2) is 4.79 Å². The topological polar surface area (TPSA) is 90.8 Å². The minimum absolute atomic E-state index is 0.296. The number of benzene rings is 2. The fourth-order valence-corrected chi connectivity index (χ4v) is 5.06. The molecule has 2 aromatic carbocycles. The average molecular weight is 467 g/mol. The zero-order chi connectivity index (χ0) is 22.3. The quantitative estimate of drug-likeness (QED) is 0.427. The van der Waals surface area contributed by atoms with E-state index in [0.29, 0.717) is 45.7 Å². The number of aliphatic hydroxyl groups is 1. The van der Waals surface area contributed by atoms with Gasteiger partial charge in [-0.15, -0.1) is 0 Å². The number of cyclic esters (lactones) is 1. The molecular formula is C23H18N2O5S2. The van der Waals surface area contributed by atoms with Gasteiger partial charge in [0.25, 0.3) is 5.79 Å². The smallest absolute Gasteiger partial charge is 0.342 e. The number of esters is 1. The third kappa shape index (κ3) is 3.35. The van der Waals surface area contributed by atoms with Crippen molar-refractivity contribution in [3.8, 4) is 11.5 Å². The van der Waals surface area contributed by atoms with E-state index in [1.54, 1.807) is 47.7 Å². The molecule has 4 aromatic rings. The van der Waals surface area contributed by atoms with Crippen LogP contribution in [0.4, 0.5) is 0 Å². The Morgan fingerprint density at radius 2 is 1.91 bits per heavy atom. The lowest BCUT2D eigenvalue weighted by atomic mass is 9.88. The molecule has 7 nitrogen and oxygen atoms in total. The molecule has 1 aliphatic rings. The van der Waals surface area contributed by atoms with Crippen LogP contribution in [0.2, 0.25) is 0 Å². The molecule has 0 radical (unpaired) electrons. The maximum atomic E-state index is 13.2. The molecule has 0 saturated heterocycles. The predicted octanol–water partition coefficient (Wildman–Crippen LogP) is 4.17. The van der Waals surface area contributed by atoms with Gasteiger partial charge in [0.15, 0.2) is 0 Å². The number of hydrogen-bond acceptors (Lipinski definition) is 9. The van der Waals surface area contributed by atoms with Crippen LogP contribution in [0.15, 0.2) is 58.8 Å². The van der Waals surface area contributed by atoms with E-state index in [4.69, 9.17) is 14.2 Å². The van der Waals surface area contributed by atoms with Crippen molar-refractivity contribution in [1.29, 1.82) is 0 Å². The lowest BCUT2D eigenvalue weighted by Crippen LogP contribution is -2.30. The van der Waals surface area contributed by atoms with E-state index in [9.17, 15) is 9.90 Å². The van der Waals surface area contributed by atoms with Crippen LogP contribution in [0.3, 0.4) is 0 Å². The maximum absolute atomic E-state index is 13.2. The molecule has 0 saturated carbocycles. The SMILES string of the molecule is COc1ccc(OC)c(C2(O)OC(=O)C(c3ccc4nsnc4c3)=C2Cc2ccsc2)c1. The molecule has 0 spiro atoms. The van der Waals surface area contributed by atoms with E-state index in [1.165, 1.54) is 14.2 Å². The summed E-state index contributed by atoms with van der Waals surface area (Å²) in [5.41, 5.74) is 4.01. The Kier molecular flexibility index (Phi) is 5.16. The number of carbonyl (C=O) groups is 1. The number of rotatable bonds is 6. The van der Waals surface area contributed by atoms with Gasteiger partial charge in [-0.2, -0.15) is 20.1 Å². The van der Waals surface area contributed by atoms with Crippen molar-refractivity contribution < 1.29 is 24.1 Å². The summed E-state index contributed by atoms with van der Waals surface area (Å²) in [6, 6.07) is 12.4. The highest BCUT2D eigenvalue weighted by atomic mass is 32.1. The first-order chi connectivity index (χ1) is 15.5. The van der Waals surface area contributed by atoms with Gasteiger partial charge in [0.1, 0.15) is 22.5 Å². The summed E-state index contributed by atoms with van der Waals surface area (Å²) in [4.78, 5) is 13.2. The molecule has 0 fully saturated rings. The Balaban J connectivity index is 1.75. The number of thiophene rings is 1. The van der Waals surface area contributed by atoms with E-state index >= 15 is 0 Å². The van der Waals surface area contributed by atoms with Crippen molar-refractivity contribution in [2.24, 2.45) is 0 Å². The van der Waals surface area contributed by atoms with Crippen LogP contribution < -0.4 is 9.47 Å². The number of fused-ring (bicyclic) bond motifs is 1. The van der Waals surface area contributed by atoms with Gasteiger partial charge in [0.05, 0.1) is 37.1 Å². The largest absolute Gasteiger partial charge is 0.497 e. The number of carbonyl (C=O) groups excluding carboxylic acids is 1. The van der Waals surface area contributed by atoms with Gasteiger partial charge < -0.3 is 19.3 Å². The summed E-state index contributed by atoms with van der Waals surface area (Å²) >= 11 is 2.65. The van der Waals surface area contributed by atoms with Crippen LogP contribution in [-0.4, -0.2) is 34.0 Å². The standard InChI is InChI=1S/C23H18N2O5S2/c1-28-15-4-6-20(29-2)16(11-15)23(27)17(9-13-7-8-31-12-13)21(22(26)30-23)14-3-5-18-19(10-14)25-32-24-18/h3-8,10-12,27H,9H2,1-2H3. The molecular weight excluding hydrogens is 448 g/mol. The first-order valence-corrected chi connectivity index (χ1v) is 11.4. The van der Waals surface area contributed by atoms with E-state index in [0.717, 1.165) is 22.8 Å². The second-order valence-corrected chi connectivity index (χ2v) is 8.54. The molecule has 1 atom stereocenters. The first-order valence-electron chi connectivity index (χ1n) is 9.69. The lowest BCUT2D eigenvalue weighted by molar-refractivity contribution is -0.185. The van der Waals surface area contributed by atoms with Crippen LogP contribution in [-0.2, 0) is 21.7 Å². The Hall–Kier alpha value is -3.27. The highest BCUT2D eigenvalue weighted by Gasteiger charge is 2.50. The summed E-state index contributed by atoms with van der Waals surface area (Å²) in [7, 11) is 3.03. The highest BCUT2D eigenvalue weighted by molar-refractivity contribution is 7.08. The molecule has 1 N–H and O–H groups in total. The minimum atomic E-state index is -2.02. The summed E-state index contributed by atoms with van der Waals surface area (Å²) in [5, 5.41) is 15.8. The van der Waals surface area contributed by atoms with Crippen LogP contribution in [0.5, 0.6) is 11.5 Å². The van der Waals surface area contributed by atoms with Crippen LogP contribution in [0.1, 0.15) is 16.7 Å². The average Bonchev–Trinajstić information content (AvgIpc) is 3.54. The van der Waals surface area contributed by atoms with Crippen LogP contribution in [0.25, 0.3) is 16.6 Å². The van der Waals surface area contributed by atoms with Gasteiger partial charge in [-0.05, 0) is 58.3 Å². The van der Waals surface area contributed by atoms with Crippen molar-refractivity contribution in [3.63, 3.8) is 0 Å². The molecule has 1 unspecified atom stereocenters. The molecule has 1 aliphatic heterocycles. The Bertz CT molecular complexity index is 1350. The number of methoxy groups -OCH3 is 2. The molecule has 32 heavy (non-hydrogen) atoms. The van der Waals surface area contributed by atoms with Crippen molar-refractivity contribution in [2.45, 2.75) is 12.2 Å². The van der Waals surface area contributed by atoms with E-state index in [-0.39, 0.29) is 0 Å². The van der Waals surface area contributed by atoms with E-state index in [1.807, 2.05) is 16.8 Å². The van der Waals surface area contributed by atoms with Crippen molar-refractivity contribution in [1.82, 2.24) is 8.75 Å². The molecule has 9 heteroatoms. The second-order valence-electron chi connectivity index (χ2n) is 7.23. The summed E-state index contributed by atoms with van der Waals surface area (Å²) < 4.78 is 25.0. The number of nitrogens with zero attached hydrogens (tertiary/aromatic N) is 2. The van der Waals surface area contributed by atoms with Crippen molar-refractivity contribution >= 4 is 45.6 Å². The molecule has 0 bridgehead atoms. The molecule has 2 aromatic heterocycles. The van der Waals surface area contributed by atoms with Crippen molar-refractivity contribution in [3.05, 3.63) is 75.5 Å². The van der Waals surface area contributed by atoms with Gasteiger partial charge >= 0.3 is 5.97 Å². The van der Waals surface area contributed by atoms with Gasteiger partial charge in [-0.3, -0.25) is 0 Å². The predicted molar refractivity (Wildman–Crippen MR) is 122 cm³/mol. The monoisotopic (exact) mass is 466 g/mol. The molecule has 0 amide bonds. The fraction of sp³-hybridized carbons (Fsp3) is 0.174. The zero-order valence-corrected chi connectivity index (χ0v) is 18.8. The summed E-state index contributed by atoms with van der Waals surface area (Å²) in [6.07, 6.45) is 0.314. The van der Waals surface area contributed by atoms with E-state index in [2.05, 4.69) is 8.75 Å². The molecule has 5 rings (SSSR count). The third-order valence-electron chi connectivity index (χ3n) is 5.43. The van der Waals surface area contributed by atoms with Crippen LogP contribution in [0, 0.1) is 0 Å². The van der Waals surface area contributed by atoms with Gasteiger partial charge in [0, 0.05) is 12.0 Å². The summed E-state index contributed by atoms with van der Waals surface area (Å²) in [5.74, 6) is -1.76. The molecule has 0 aliphatic carbocycles. The number of hydrogen-bond donors (Lipinski definition) is 1. The van der Waals surface area contributed by atoms with E-state index < -0.39 is 11.8 Å². The van der Waals surface area contributed by atoms with Gasteiger partial charge in [-0.1, -0.05) is 6.07 Å². The Labute approximate surface area is 191 Å². The maximum Gasteiger partial charge on any atom is 0.342 e.